The highest BCUT2D eigenvalue weighted by molar-refractivity contribution is 6.30. The normalized spacial score (nSPS) is 13.4. The van der Waals surface area contributed by atoms with E-state index in [2.05, 4.69) is 9.97 Å². The van der Waals surface area contributed by atoms with Crippen molar-refractivity contribution in [2.75, 3.05) is 0 Å². The molecule has 0 aromatic carbocycles. The fourth-order valence-corrected chi connectivity index (χ4v) is 1.06. The molecule has 1 aromatic rings. The number of rotatable bonds is 2. The van der Waals surface area contributed by atoms with E-state index in [-0.39, 0.29) is 10.7 Å². The van der Waals surface area contributed by atoms with Crippen LogP contribution in [0.3, 0.4) is 0 Å². The lowest BCUT2D eigenvalue weighted by atomic mass is 10.2. The van der Waals surface area contributed by atoms with Crippen LogP contribution in [-0.4, -0.2) is 15.1 Å². The molecule has 1 N–H and O–H groups in total. The van der Waals surface area contributed by atoms with Gasteiger partial charge in [-0.25, -0.2) is 18.7 Å². The Morgan fingerprint density at radius 3 is 2.54 bits per heavy atom. The fourth-order valence-electron chi connectivity index (χ4n) is 0.768. The smallest absolute Gasteiger partial charge is 0.297 e. The van der Waals surface area contributed by atoms with Gasteiger partial charge in [0.25, 0.3) is 6.43 Å². The van der Waals surface area contributed by atoms with Gasteiger partial charge in [-0.2, -0.15) is 0 Å². The Labute approximate surface area is 78.4 Å². The molecule has 0 radical (unpaired) electrons. The topological polar surface area (TPSA) is 46.0 Å². The summed E-state index contributed by atoms with van der Waals surface area (Å²) >= 11 is 5.52. The standard InChI is InChI=1S/C7H7ClF2N2O/c1-3(13)4-2-11-7(6(9)10)12-5(4)8/h2-3,6,13H,1H3. The quantitative estimate of drug-likeness (QED) is 0.758. The minimum Gasteiger partial charge on any atom is -0.389 e. The van der Waals surface area contributed by atoms with Crippen LogP contribution in [0.1, 0.15) is 30.8 Å². The van der Waals surface area contributed by atoms with E-state index < -0.39 is 18.4 Å². The van der Waals surface area contributed by atoms with Crippen LogP contribution in [0.2, 0.25) is 5.15 Å². The van der Waals surface area contributed by atoms with Crippen LogP contribution in [-0.2, 0) is 0 Å². The largest absolute Gasteiger partial charge is 0.389 e. The number of halogens is 3. The number of aromatic nitrogens is 2. The van der Waals surface area contributed by atoms with Gasteiger partial charge in [-0.1, -0.05) is 11.6 Å². The molecule has 0 fully saturated rings. The fraction of sp³-hybridized carbons (Fsp3) is 0.429. The second kappa shape index (κ2) is 3.93. The second-order valence-corrected chi connectivity index (χ2v) is 2.81. The van der Waals surface area contributed by atoms with Gasteiger partial charge < -0.3 is 5.11 Å². The lowest BCUT2D eigenvalue weighted by molar-refractivity contribution is 0.139. The van der Waals surface area contributed by atoms with Crippen LogP contribution in [0.15, 0.2) is 6.20 Å². The molecule has 0 aliphatic carbocycles. The first-order chi connectivity index (χ1) is 6.02. The van der Waals surface area contributed by atoms with Crippen molar-refractivity contribution in [1.29, 1.82) is 0 Å². The lowest BCUT2D eigenvalue weighted by Crippen LogP contribution is -2.01. The molecule has 72 valence electrons. The SMILES string of the molecule is CC(O)c1cnc(C(F)F)nc1Cl. The van der Waals surface area contributed by atoms with E-state index in [0.29, 0.717) is 0 Å². The van der Waals surface area contributed by atoms with Crippen molar-refractivity contribution >= 4 is 11.6 Å². The summed E-state index contributed by atoms with van der Waals surface area (Å²) in [6, 6.07) is 0. The van der Waals surface area contributed by atoms with Crippen LogP contribution in [0.5, 0.6) is 0 Å². The maximum Gasteiger partial charge on any atom is 0.297 e. The number of nitrogens with zero attached hydrogens (tertiary/aromatic N) is 2. The summed E-state index contributed by atoms with van der Waals surface area (Å²) in [6.07, 6.45) is -2.51. The van der Waals surface area contributed by atoms with Gasteiger partial charge in [0.2, 0.25) is 0 Å². The zero-order valence-electron chi connectivity index (χ0n) is 6.71. The third kappa shape index (κ3) is 2.32. The molecule has 0 bridgehead atoms. The van der Waals surface area contributed by atoms with E-state index in [4.69, 9.17) is 16.7 Å². The maximum absolute atomic E-state index is 12.0. The third-order valence-electron chi connectivity index (χ3n) is 1.43. The number of alkyl halides is 2. The molecule has 6 heteroatoms. The van der Waals surface area contributed by atoms with Crippen LogP contribution in [0.4, 0.5) is 8.78 Å². The molecule has 0 aliphatic heterocycles. The molecule has 0 saturated carbocycles. The van der Waals surface area contributed by atoms with Crippen molar-refractivity contribution in [3.05, 3.63) is 22.7 Å². The molecule has 1 unspecified atom stereocenters. The molecule has 0 spiro atoms. The second-order valence-electron chi connectivity index (χ2n) is 2.45. The van der Waals surface area contributed by atoms with Gasteiger partial charge in [0, 0.05) is 11.8 Å². The lowest BCUT2D eigenvalue weighted by Gasteiger charge is -2.06. The summed E-state index contributed by atoms with van der Waals surface area (Å²) in [5, 5.41) is 8.94. The Bertz CT molecular complexity index is 307. The summed E-state index contributed by atoms with van der Waals surface area (Å²) < 4.78 is 24.1. The summed E-state index contributed by atoms with van der Waals surface area (Å²) in [6.45, 7) is 1.45. The molecule has 3 nitrogen and oxygen atoms in total. The Balaban J connectivity index is 3.06. The first kappa shape index (κ1) is 10.3. The van der Waals surface area contributed by atoms with Gasteiger partial charge in [-0.05, 0) is 6.92 Å². The van der Waals surface area contributed by atoms with Gasteiger partial charge in [0.05, 0.1) is 6.10 Å². The highest BCUT2D eigenvalue weighted by atomic mass is 35.5. The van der Waals surface area contributed by atoms with Gasteiger partial charge >= 0.3 is 0 Å². The number of hydrogen-bond donors (Lipinski definition) is 1. The summed E-state index contributed by atoms with van der Waals surface area (Å²) in [5.41, 5.74) is 0.242. The van der Waals surface area contributed by atoms with Crippen molar-refractivity contribution in [3.63, 3.8) is 0 Å². The van der Waals surface area contributed by atoms with Gasteiger partial charge in [-0.3, -0.25) is 0 Å². The van der Waals surface area contributed by atoms with E-state index >= 15 is 0 Å². The molecule has 1 aromatic heterocycles. The van der Waals surface area contributed by atoms with Crippen molar-refractivity contribution < 1.29 is 13.9 Å². The predicted octanol–water partition coefficient (Wildman–Crippen LogP) is 2.12. The Morgan fingerprint density at radius 2 is 2.15 bits per heavy atom. The monoisotopic (exact) mass is 208 g/mol. The molecule has 0 amide bonds. The highest BCUT2D eigenvalue weighted by Gasteiger charge is 2.15. The number of aliphatic hydroxyl groups excluding tert-OH is 1. The van der Waals surface area contributed by atoms with Crippen molar-refractivity contribution in [1.82, 2.24) is 9.97 Å². The van der Waals surface area contributed by atoms with E-state index in [0.717, 1.165) is 6.20 Å². The average Bonchev–Trinajstić information content (AvgIpc) is 2.03. The summed E-state index contributed by atoms with van der Waals surface area (Å²) in [5.74, 6) is -0.630. The molecular weight excluding hydrogens is 202 g/mol. The molecule has 1 heterocycles. The number of hydrogen-bond acceptors (Lipinski definition) is 3. The van der Waals surface area contributed by atoms with Crippen LogP contribution in [0, 0.1) is 0 Å². The first-order valence-electron chi connectivity index (χ1n) is 3.51. The summed E-state index contributed by atoms with van der Waals surface area (Å²) in [7, 11) is 0. The molecule has 1 rings (SSSR count). The minimum absolute atomic E-state index is 0.139. The molecule has 0 aliphatic rings. The van der Waals surface area contributed by atoms with Gasteiger partial charge in [0.1, 0.15) is 5.15 Å². The van der Waals surface area contributed by atoms with E-state index in [1.165, 1.54) is 6.92 Å². The summed E-state index contributed by atoms with van der Waals surface area (Å²) in [4.78, 5) is 6.69. The third-order valence-corrected chi connectivity index (χ3v) is 1.73. The van der Waals surface area contributed by atoms with E-state index in [1.54, 1.807) is 0 Å². The van der Waals surface area contributed by atoms with Crippen molar-refractivity contribution in [2.24, 2.45) is 0 Å². The van der Waals surface area contributed by atoms with E-state index in [9.17, 15) is 8.78 Å². The molecule has 13 heavy (non-hydrogen) atoms. The van der Waals surface area contributed by atoms with Crippen molar-refractivity contribution in [2.45, 2.75) is 19.5 Å². The highest BCUT2D eigenvalue weighted by Crippen LogP contribution is 2.22. The van der Waals surface area contributed by atoms with Crippen LogP contribution < -0.4 is 0 Å². The Kier molecular flexibility index (Phi) is 3.11. The minimum atomic E-state index is -2.75. The van der Waals surface area contributed by atoms with Crippen LogP contribution in [0.25, 0.3) is 0 Å². The van der Waals surface area contributed by atoms with Gasteiger partial charge in [0.15, 0.2) is 5.82 Å². The molecule has 0 saturated heterocycles. The zero-order valence-corrected chi connectivity index (χ0v) is 7.46. The van der Waals surface area contributed by atoms with Crippen LogP contribution >= 0.6 is 11.6 Å². The van der Waals surface area contributed by atoms with E-state index in [1.807, 2.05) is 0 Å². The molecular formula is C7H7ClF2N2O. The maximum atomic E-state index is 12.0. The van der Waals surface area contributed by atoms with Gasteiger partial charge in [-0.15, -0.1) is 0 Å². The zero-order chi connectivity index (χ0) is 10.0. The van der Waals surface area contributed by atoms with Crippen molar-refractivity contribution in [3.8, 4) is 0 Å². The predicted molar refractivity (Wildman–Crippen MR) is 42.6 cm³/mol. The number of aliphatic hydroxyl groups is 1. The molecule has 1 atom stereocenters. The average molecular weight is 209 g/mol. The Morgan fingerprint density at radius 1 is 1.54 bits per heavy atom. The first-order valence-corrected chi connectivity index (χ1v) is 3.88. The Hall–Kier alpha value is -0.810.